The van der Waals surface area contributed by atoms with Crippen molar-refractivity contribution >= 4 is 27.8 Å². The van der Waals surface area contributed by atoms with Crippen molar-refractivity contribution in [1.29, 1.82) is 0 Å². The van der Waals surface area contributed by atoms with Crippen LogP contribution in [0.4, 0.5) is 5.13 Å². The molecule has 20 heavy (non-hydrogen) atoms. The zero-order chi connectivity index (χ0) is 13.7. The summed E-state index contributed by atoms with van der Waals surface area (Å²) in [7, 11) is 0. The van der Waals surface area contributed by atoms with E-state index in [0.29, 0.717) is 6.04 Å². The fraction of sp³-hybridized carbons (Fsp3) is 0.533. The SMILES string of the molecule is CC1c2ccsc2CCN1c1nc2c(s1)C(O)CCC2. The van der Waals surface area contributed by atoms with Crippen LogP contribution in [-0.4, -0.2) is 16.6 Å². The van der Waals surface area contributed by atoms with Gasteiger partial charge in [0, 0.05) is 11.4 Å². The molecule has 2 aromatic heterocycles. The predicted molar refractivity (Wildman–Crippen MR) is 83.8 cm³/mol. The predicted octanol–water partition coefficient (Wildman–Crippen LogP) is 3.70. The summed E-state index contributed by atoms with van der Waals surface area (Å²) in [5.74, 6) is 0. The van der Waals surface area contributed by atoms with Crippen LogP contribution in [-0.2, 0) is 12.8 Å². The molecule has 3 heterocycles. The standard InChI is InChI=1S/C15H18N2OS2/c1-9-10-6-8-19-13(10)5-7-17(9)15-16-11-3-2-4-12(18)14(11)20-15/h6,8-9,12,18H,2-5,7H2,1H3. The van der Waals surface area contributed by atoms with Gasteiger partial charge in [-0.15, -0.1) is 11.3 Å². The summed E-state index contributed by atoms with van der Waals surface area (Å²) in [5, 5.41) is 13.4. The van der Waals surface area contributed by atoms with E-state index in [9.17, 15) is 5.11 Å². The first-order valence-electron chi connectivity index (χ1n) is 7.24. The van der Waals surface area contributed by atoms with Crippen LogP contribution in [0, 0.1) is 0 Å². The smallest absolute Gasteiger partial charge is 0.186 e. The molecule has 2 aliphatic rings. The summed E-state index contributed by atoms with van der Waals surface area (Å²) in [4.78, 5) is 9.86. The number of rotatable bonds is 1. The third kappa shape index (κ3) is 1.91. The van der Waals surface area contributed by atoms with Gasteiger partial charge in [-0.1, -0.05) is 11.3 Å². The van der Waals surface area contributed by atoms with Crippen molar-refractivity contribution in [2.75, 3.05) is 11.4 Å². The van der Waals surface area contributed by atoms with E-state index in [1.807, 2.05) is 11.3 Å². The molecule has 0 spiro atoms. The molecule has 3 nitrogen and oxygen atoms in total. The van der Waals surface area contributed by atoms with Gasteiger partial charge in [-0.3, -0.25) is 0 Å². The lowest BCUT2D eigenvalue weighted by Crippen LogP contribution is -2.32. The maximum absolute atomic E-state index is 10.1. The average Bonchev–Trinajstić information content (AvgIpc) is 3.06. The first-order chi connectivity index (χ1) is 9.74. The number of aliphatic hydroxyl groups excluding tert-OH is 1. The van der Waals surface area contributed by atoms with E-state index >= 15 is 0 Å². The molecule has 0 amide bonds. The minimum atomic E-state index is -0.290. The molecule has 0 fully saturated rings. The molecular formula is C15H18N2OS2. The second kappa shape index (κ2) is 4.83. The highest BCUT2D eigenvalue weighted by Crippen LogP contribution is 2.42. The summed E-state index contributed by atoms with van der Waals surface area (Å²) in [6.45, 7) is 3.30. The maximum atomic E-state index is 10.1. The summed E-state index contributed by atoms with van der Waals surface area (Å²) < 4.78 is 0. The minimum absolute atomic E-state index is 0.290. The van der Waals surface area contributed by atoms with Gasteiger partial charge in [0.05, 0.1) is 22.7 Å². The zero-order valence-corrected chi connectivity index (χ0v) is 13.1. The minimum Gasteiger partial charge on any atom is -0.388 e. The number of aliphatic hydroxyl groups is 1. The van der Waals surface area contributed by atoms with Crippen LogP contribution in [0.5, 0.6) is 0 Å². The van der Waals surface area contributed by atoms with Gasteiger partial charge >= 0.3 is 0 Å². The molecule has 4 rings (SSSR count). The van der Waals surface area contributed by atoms with E-state index in [1.54, 1.807) is 11.3 Å². The van der Waals surface area contributed by atoms with E-state index in [2.05, 4.69) is 23.3 Å². The molecule has 2 aromatic rings. The number of thiazole rings is 1. The van der Waals surface area contributed by atoms with Crippen molar-refractivity contribution in [3.8, 4) is 0 Å². The Morgan fingerprint density at radius 2 is 2.30 bits per heavy atom. The van der Waals surface area contributed by atoms with Crippen molar-refractivity contribution in [3.63, 3.8) is 0 Å². The van der Waals surface area contributed by atoms with Crippen LogP contribution in [0.25, 0.3) is 0 Å². The van der Waals surface area contributed by atoms with Crippen molar-refractivity contribution in [3.05, 3.63) is 32.5 Å². The Morgan fingerprint density at radius 1 is 1.40 bits per heavy atom. The van der Waals surface area contributed by atoms with Crippen LogP contribution in [0.2, 0.25) is 0 Å². The van der Waals surface area contributed by atoms with Crippen LogP contribution in [0.1, 0.15) is 52.9 Å². The molecule has 1 aliphatic heterocycles. The van der Waals surface area contributed by atoms with Gasteiger partial charge in [0.1, 0.15) is 0 Å². The molecule has 0 saturated heterocycles. The first-order valence-corrected chi connectivity index (χ1v) is 8.94. The molecule has 0 aromatic carbocycles. The van der Waals surface area contributed by atoms with Crippen LogP contribution >= 0.6 is 22.7 Å². The molecule has 106 valence electrons. The number of aromatic nitrogens is 1. The summed E-state index contributed by atoms with van der Waals surface area (Å²) >= 11 is 3.57. The van der Waals surface area contributed by atoms with E-state index in [0.717, 1.165) is 47.9 Å². The number of thiophene rings is 1. The Morgan fingerprint density at radius 3 is 3.15 bits per heavy atom. The third-order valence-electron chi connectivity index (χ3n) is 4.43. The Labute approximate surface area is 126 Å². The molecule has 2 unspecified atom stereocenters. The van der Waals surface area contributed by atoms with Gasteiger partial charge < -0.3 is 10.0 Å². The second-order valence-electron chi connectivity index (χ2n) is 5.63. The van der Waals surface area contributed by atoms with Gasteiger partial charge in [-0.2, -0.15) is 0 Å². The van der Waals surface area contributed by atoms with Crippen molar-refractivity contribution < 1.29 is 5.11 Å². The Balaban J connectivity index is 1.69. The largest absolute Gasteiger partial charge is 0.388 e. The van der Waals surface area contributed by atoms with Gasteiger partial charge in [0.25, 0.3) is 0 Å². The van der Waals surface area contributed by atoms with Gasteiger partial charge in [0.15, 0.2) is 5.13 Å². The van der Waals surface area contributed by atoms with Gasteiger partial charge in [0.2, 0.25) is 0 Å². The average molecular weight is 306 g/mol. The van der Waals surface area contributed by atoms with E-state index in [-0.39, 0.29) is 6.10 Å². The molecule has 0 radical (unpaired) electrons. The lowest BCUT2D eigenvalue weighted by Gasteiger charge is -2.33. The van der Waals surface area contributed by atoms with E-state index < -0.39 is 0 Å². The number of nitrogens with zero attached hydrogens (tertiary/aromatic N) is 2. The monoisotopic (exact) mass is 306 g/mol. The number of hydrogen-bond donors (Lipinski definition) is 1. The fourth-order valence-corrected chi connectivity index (χ4v) is 5.48. The molecule has 0 saturated carbocycles. The van der Waals surface area contributed by atoms with E-state index in [1.165, 1.54) is 10.4 Å². The molecule has 2 atom stereocenters. The van der Waals surface area contributed by atoms with Crippen LogP contribution in [0.3, 0.4) is 0 Å². The lowest BCUT2D eigenvalue weighted by atomic mass is 10.0. The molecule has 1 N–H and O–H groups in total. The Kier molecular flexibility index (Phi) is 3.09. The molecule has 1 aliphatic carbocycles. The lowest BCUT2D eigenvalue weighted by molar-refractivity contribution is 0.160. The third-order valence-corrected chi connectivity index (χ3v) is 6.67. The van der Waals surface area contributed by atoms with Crippen molar-refractivity contribution in [1.82, 2.24) is 4.98 Å². The Bertz CT molecular complexity index is 634. The first kappa shape index (κ1) is 12.8. The number of anilines is 1. The highest BCUT2D eigenvalue weighted by Gasteiger charge is 2.30. The highest BCUT2D eigenvalue weighted by molar-refractivity contribution is 7.15. The quantitative estimate of drug-likeness (QED) is 0.873. The van der Waals surface area contributed by atoms with E-state index in [4.69, 9.17) is 4.98 Å². The molecule has 5 heteroatoms. The summed E-state index contributed by atoms with van der Waals surface area (Å²) in [5.41, 5.74) is 2.59. The maximum Gasteiger partial charge on any atom is 0.186 e. The number of hydrogen-bond acceptors (Lipinski definition) is 5. The summed E-state index contributed by atoms with van der Waals surface area (Å²) in [6, 6.07) is 2.65. The van der Waals surface area contributed by atoms with Gasteiger partial charge in [-0.05, 0) is 49.6 Å². The van der Waals surface area contributed by atoms with Crippen LogP contribution in [0.15, 0.2) is 11.4 Å². The number of fused-ring (bicyclic) bond motifs is 2. The number of aryl methyl sites for hydroxylation is 1. The molecule has 0 bridgehead atoms. The fourth-order valence-electron chi connectivity index (χ4n) is 3.28. The van der Waals surface area contributed by atoms with Crippen molar-refractivity contribution in [2.45, 2.75) is 44.8 Å². The van der Waals surface area contributed by atoms with Gasteiger partial charge in [-0.25, -0.2) is 4.98 Å². The zero-order valence-electron chi connectivity index (χ0n) is 11.5. The highest BCUT2D eigenvalue weighted by atomic mass is 32.1. The normalized spacial score (nSPS) is 25.4. The second-order valence-corrected chi connectivity index (χ2v) is 7.64. The topological polar surface area (TPSA) is 36.4 Å². The summed E-state index contributed by atoms with van der Waals surface area (Å²) in [6.07, 6.45) is 3.79. The van der Waals surface area contributed by atoms with Crippen molar-refractivity contribution in [2.24, 2.45) is 0 Å². The molecular weight excluding hydrogens is 288 g/mol. The van der Waals surface area contributed by atoms with Crippen LogP contribution < -0.4 is 4.90 Å². The Hall–Kier alpha value is -0.910.